The quantitative estimate of drug-likeness (QED) is 0.860. The van der Waals surface area contributed by atoms with Gasteiger partial charge in [0.25, 0.3) is 0 Å². The lowest BCUT2D eigenvalue weighted by Gasteiger charge is -2.27. The molecule has 0 spiro atoms. The number of nitrogens with one attached hydrogen (secondary N) is 1. The summed E-state index contributed by atoms with van der Waals surface area (Å²) in [6, 6.07) is 8.85. The highest BCUT2D eigenvalue weighted by atomic mass is 16.2. The Morgan fingerprint density at radius 1 is 1.28 bits per heavy atom. The number of hydrogen-bond acceptors (Lipinski definition) is 2. The molecule has 0 radical (unpaired) electrons. The van der Waals surface area contributed by atoms with Gasteiger partial charge in [-0.3, -0.25) is 4.79 Å². The van der Waals surface area contributed by atoms with Crippen LogP contribution in [0.4, 0.5) is 0 Å². The molecule has 0 aliphatic carbocycles. The molecule has 0 heterocycles. The molecule has 0 aromatic heterocycles. The van der Waals surface area contributed by atoms with Gasteiger partial charge in [0.05, 0.1) is 0 Å². The van der Waals surface area contributed by atoms with Crippen LogP contribution < -0.4 is 11.1 Å². The Morgan fingerprint density at radius 2 is 1.83 bits per heavy atom. The molecule has 18 heavy (non-hydrogen) atoms. The average molecular weight is 248 g/mol. The Balaban J connectivity index is 2.52. The Bertz CT molecular complexity index is 381. The highest BCUT2D eigenvalue weighted by molar-refractivity contribution is 5.82. The molecule has 0 bridgehead atoms. The summed E-state index contributed by atoms with van der Waals surface area (Å²) in [4.78, 5) is 11.9. The first-order valence-electron chi connectivity index (χ1n) is 6.40. The van der Waals surface area contributed by atoms with Crippen molar-refractivity contribution in [3.63, 3.8) is 0 Å². The molecule has 1 amide bonds. The second-order valence-corrected chi connectivity index (χ2v) is 5.90. The molecule has 2 atom stereocenters. The van der Waals surface area contributed by atoms with Gasteiger partial charge in [0.2, 0.25) is 5.91 Å². The normalized spacial score (nSPS) is 14.9. The average Bonchev–Trinajstić information content (AvgIpc) is 2.34. The molecule has 1 aromatic carbocycles. The molecule has 0 saturated carbocycles. The van der Waals surface area contributed by atoms with E-state index < -0.39 is 6.04 Å². The standard InChI is InChI=1S/C15H24N2O/c1-11(15(2,3)4)10-17-14(18)13(16)12-8-6-5-7-9-12/h5-9,11,13H,10,16H2,1-4H3,(H,17,18). The summed E-state index contributed by atoms with van der Waals surface area (Å²) in [6.07, 6.45) is 0. The van der Waals surface area contributed by atoms with Gasteiger partial charge in [0, 0.05) is 6.54 Å². The first-order chi connectivity index (χ1) is 8.32. The highest BCUT2D eigenvalue weighted by Crippen LogP contribution is 2.24. The van der Waals surface area contributed by atoms with E-state index in [1.54, 1.807) is 0 Å². The van der Waals surface area contributed by atoms with Crippen LogP contribution in [0.3, 0.4) is 0 Å². The number of carbonyl (C=O) groups is 1. The van der Waals surface area contributed by atoms with E-state index in [9.17, 15) is 4.79 Å². The zero-order valence-corrected chi connectivity index (χ0v) is 11.7. The number of nitrogens with two attached hydrogens (primary N) is 1. The maximum atomic E-state index is 11.9. The monoisotopic (exact) mass is 248 g/mol. The molecule has 0 aliphatic rings. The number of benzene rings is 1. The minimum Gasteiger partial charge on any atom is -0.354 e. The third kappa shape index (κ3) is 4.15. The molecule has 3 N–H and O–H groups in total. The van der Waals surface area contributed by atoms with E-state index in [2.05, 4.69) is 33.0 Å². The van der Waals surface area contributed by atoms with Gasteiger partial charge in [-0.15, -0.1) is 0 Å². The van der Waals surface area contributed by atoms with Crippen LogP contribution in [0.2, 0.25) is 0 Å². The van der Waals surface area contributed by atoms with Gasteiger partial charge in [0.15, 0.2) is 0 Å². The van der Waals surface area contributed by atoms with Crippen molar-refractivity contribution in [3.05, 3.63) is 35.9 Å². The summed E-state index contributed by atoms with van der Waals surface area (Å²) in [5, 5.41) is 2.92. The van der Waals surface area contributed by atoms with Crippen molar-refractivity contribution in [2.75, 3.05) is 6.54 Å². The third-order valence-corrected chi connectivity index (χ3v) is 3.50. The van der Waals surface area contributed by atoms with E-state index in [4.69, 9.17) is 5.73 Å². The van der Waals surface area contributed by atoms with Crippen LogP contribution in [0, 0.1) is 11.3 Å². The third-order valence-electron chi connectivity index (χ3n) is 3.50. The van der Waals surface area contributed by atoms with Gasteiger partial charge in [-0.25, -0.2) is 0 Å². The molecular weight excluding hydrogens is 224 g/mol. The topological polar surface area (TPSA) is 55.1 Å². The molecule has 2 unspecified atom stereocenters. The number of rotatable bonds is 4. The van der Waals surface area contributed by atoms with Crippen molar-refractivity contribution in [2.24, 2.45) is 17.1 Å². The smallest absolute Gasteiger partial charge is 0.241 e. The molecule has 0 saturated heterocycles. The largest absolute Gasteiger partial charge is 0.354 e. The lowest BCUT2D eigenvalue weighted by atomic mass is 9.82. The fourth-order valence-corrected chi connectivity index (χ4v) is 1.48. The van der Waals surface area contributed by atoms with Crippen LogP contribution in [0.15, 0.2) is 30.3 Å². The lowest BCUT2D eigenvalue weighted by molar-refractivity contribution is -0.122. The number of carbonyl (C=O) groups excluding carboxylic acids is 1. The summed E-state index contributed by atoms with van der Waals surface area (Å²) in [6.45, 7) is 9.29. The molecule has 0 aliphatic heterocycles. The summed E-state index contributed by atoms with van der Waals surface area (Å²) in [5.41, 5.74) is 6.95. The van der Waals surface area contributed by atoms with Gasteiger partial charge in [-0.2, -0.15) is 0 Å². The summed E-state index contributed by atoms with van der Waals surface area (Å²) in [5.74, 6) is 0.293. The van der Waals surface area contributed by atoms with Crippen molar-refractivity contribution in [2.45, 2.75) is 33.7 Å². The zero-order chi connectivity index (χ0) is 13.8. The van der Waals surface area contributed by atoms with Crippen LogP contribution in [0.1, 0.15) is 39.3 Å². The summed E-state index contributed by atoms with van der Waals surface area (Å²) < 4.78 is 0. The van der Waals surface area contributed by atoms with Crippen LogP contribution in [0.5, 0.6) is 0 Å². The number of amides is 1. The van der Waals surface area contributed by atoms with Crippen LogP contribution in [-0.2, 0) is 4.79 Å². The van der Waals surface area contributed by atoms with E-state index in [1.165, 1.54) is 0 Å². The molecule has 0 fully saturated rings. The zero-order valence-electron chi connectivity index (χ0n) is 11.7. The minimum atomic E-state index is -0.585. The van der Waals surface area contributed by atoms with E-state index in [0.29, 0.717) is 12.5 Å². The van der Waals surface area contributed by atoms with Gasteiger partial charge >= 0.3 is 0 Å². The van der Waals surface area contributed by atoms with Gasteiger partial charge in [-0.1, -0.05) is 58.0 Å². The second kappa shape index (κ2) is 6.01. The molecule has 3 nitrogen and oxygen atoms in total. The van der Waals surface area contributed by atoms with Crippen molar-refractivity contribution >= 4 is 5.91 Å². The molecular formula is C15H24N2O. The Kier molecular flexibility index (Phi) is 4.91. The Morgan fingerprint density at radius 3 is 2.33 bits per heavy atom. The summed E-state index contributed by atoms with van der Waals surface area (Å²) in [7, 11) is 0. The molecule has 3 heteroatoms. The van der Waals surface area contributed by atoms with Crippen LogP contribution in [-0.4, -0.2) is 12.5 Å². The van der Waals surface area contributed by atoms with E-state index in [0.717, 1.165) is 5.56 Å². The maximum absolute atomic E-state index is 11.9. The Labute approximate surface area is 110 Å². The second-order valence-electron chi connectivity index (χ2n) is 5.90. The fraction of sp³-hybridized carbons (Fsp3) is 0.533. The van der Waals surface area contributed by atoms with Gasteiger partial charge in [-0.05, 0) is 16.9 Å². The van der Waals surface area contributed by atoms with Crippen LogP contribution >= 0.6 is 0 Å². The molecule has 100 valence electrons. The minimum absolute atomic E-state index is 0.114. The van der Waals surface area contributed by atoms with Crippen molar-refractivity contribution < 1.29 is 4.79 Å². The van der Waals surface area contributed by atoms with E-state index in [-0.39, 0.29) is 11.3 Å². The van der Waals surface area contributed by atoms with Crippen molar-refractivity contribution in [1.82, 2.24) is 5.32 Å². The molecule has 1 rings (SSSR count). The Hall–Kier alpha value is -1.35. The summed E-state index contributed by atoms with van der Waals surface area (Å²) >= 11 is 0. The highest BCUT2D eigenvalue weighted by Gasteiger charge is 2.22. The SMILES string of the molecule is CC(CNC(=O)C(N)c1ccccc1)C(C)(C)C. The van der Waals surface area contributed by atoms with E-state index >= 15 is 0 Å². The number of hydrogen-bond donors (Lipinski definition) is 2. The maximum Gasteiger partial charge on any atom is 0.241 e. The van der Waals surface area contributed by atoms with E-state index in [1.807, 2.05) is 30.3 Å². The van der Waals surface area contributed by atoms with Crippen LogP contribution in [0.25, 0.3) is 0 Å². The first kappa shape index (κ1) is 14.7. The van der Waals surface area contributed by atoms with Crippen molar-refractivity contribution in [1.29, 1.82) is 0 Å². The van der Waals surface area contributed by atoms with Crippen molar-refractivity contribution in [3.8, 4) is 0 Å². The lowest BCUT2D eigenvalue weighted by Crippen LogP contribution is -2.39. The van der Waals surface area contributed by atoms with Gasteiger partial charge < -0.3 is 11.1 Å². The fourth-order valence-electron chi connectivity index (χ4n) is 1.48. The predicted molar refractivity (Wildman–Crippen MR) is 75.0 cm³/mol. The van der Waals surface area contributed by atoms with Gasteiger partial charge in [0.1, 0.15) is 6.04 Å². The predicted octanol–water partition coefficient (Wildman–Crippen LogP) is 2.48. The first-order valence-corrected chi connectivity index (χ1v) is 6.40. The molecule has 1 aromatic rings.